The first-order valence-electron chi connectivity index (χ1n) is 6.97. The summed E-state index contributed by atoms with van der Waals surface area (Å²) < 4.78 is 10.2. The first kappa shape index (κ1) is 18.4. The SMILES string of the molecule is C/C=C(\C(=O)OCC)C(C)(CC=C(C)C)C(=O)OCC. The Kier molecular flexibility index (Phi) is 7.89. The van der Waals surface area contributed by atoms with Gasteiger partial charge in [0.05, 0.1) is 18.8 Å². The van der Waals surface area contributed by atoms with Crippen molar-refractivity contribution in [2.24, 2.45) is 5.41 Å². The van der Waals surface area contributed by atoms with E-state index < -0.39 is 17.4 Å². The van der Waals surface area contributed by atoms with Crippen LogP contribution in [0.5, 0.6) is 0 Å². The second-order valence-electron chi connectivity index (χ2n) is 4.96. The zero-order chi connectivity index (χ0) is 15.8. The van der Waals surface area contributed by atoms with Gasteiger partial charge in [0.15, 0.2) is 0 Å². The third-order valence-electron chi connectivity index (χ3n) is 3.02. The molecule has 0 saturated heterocycles. The van der Waals surface area contributed by atoms with Gasteiger partial charge in [-0.25, -0.2) is 4.79 Å². The molecule has 4 nitrogen and oxygen atoms in total. The number of hydrogen-bond acceptors (Lipinski definition) is 4. The molecule has 0 aromatic heterocycles. The number of carbonyl (C=O) groups is 2. The summed E-state index contributed by atoms with van der Waals surface area (Å²) in [5, 5.41) is 0. The van der Waals surface area contributed by atoms with E-state index in [1.807, 2.05) is 19.9 Å². The summed E-state index contributed by atoms with van der Waals surface area (Å²) in [4.78, 5) is 24.3. The van der Waals surface area contributed by atoms with Crippen molar-refractivity contribution in [1.82, 2.24) is 0 Å². The zero-order valence-corrected chi connectivity index (χ0v) is 13.4. The van der Waals surface area contributed by atoms with E-state index in [1.165, 1.54) is 0 Å². The van der Waals surface area contributed by atoms with Crippen molar-refractivity contribution >= 4 is 11.9 Å². The smallest absolute Gasteiger partial charge is 0.334 e. The van der Waals surface area contributed by atoms with Gasteiger partial charge in [0.25, 0.3) is 0 Å². The van der Waals surface area contributed by atoms with Crippen molar-refractivity contribution in [2.75, 3.05) is 13.2 Å². The van der Waals surface area contributed by atoms with Crippen molar-refractivity contribution in [1.29, 1.82) is 0 Å². The molecule has 0 aliphatic rings. The van der Waals surface area contributed by atoms with Crippen molar-refractivity contribution in [3.63, 3.8) is 0 Å². The maximum absolute atomic E-state index is 12.3. The lowest BCUT2D eigenvalue weighted by Crippen LogP contribution is -2.35. The van der Waals surface area contributed by atoms with Gasteiger partial charge < -0.3 is 9.47 Å². The molecule has 20 heavy (non-hydrogen) atoms. The van der Waals surface area contributed by atoms with Crippen LogP contribution in [0.4, 0.5) is 0 Å². The van der Waals surface area contributed by atoms with Crippen LogP contribution in [-0.2, 0) is 19.1 Å². The lowest BCUT2D eigenvalue weighted by molar-refractivity contribution is -0.155. The minimum atomic E-state index is -1.02. The first-order valence-corrected chi connectivity index (χ1v) is 6.97. The summed E-state index contributed by atoms with van der Waals surface area (Å²) in [6.45, 7) is 11.4. The molecule has 0 heterocycles. The van der Waals surface area contributed by atoms with Gasteiger partial charge in [0.1, 0.15) is 5.41 Å². The Morgan fingerprint density at radius 2 is 1.65 bits per heavy atom. The molecule has 4 heteroatoms. The molecule has 0 radical (unpaired) electrons. The molecule has 0 rings (SSSR count). The van der Waals surface area contributed by atoms with Crippen LogP contribution < -0.4 is 0 Å². The van der Waals surface area contributed by atoms with Crippen LogP contribution in [0.15, 0.2) is 23.3 Å². The molecule has 0 aliphatic heterocycles. The molecule has 0 aliphatic carbocycles. The van der Waals surface area contributed by atoms with Gasteiger partial charge >= 0.3 is 11.9 Å². The molecule has 0 N–H and O–H groups in total. The Balaban J connectivity index is 5.54. The standard InChI is InChI=1S/C16H26O4/c1-7-13(14(17)19-8-2)16(6,11-10-12(4)5)15(18)20-9-3/h7,10H,8-9,11H2,1-6H3/b13-7+. The molecule has 114 valence electrons. The second kappa shape index (κ2) is 8.56. The fourth-order valence-electron chi connectivity index (χ4n) is 1.87. The van der Waals surface area contributed by atoms with E-state index in [0.29, 0.717) is 12.0 Å². The van der Waals surface area contributed by atoms with Gasteiger partial charge in [0.2, 0.25) is 0 Å². The highest BCUT2D eigenvalue weighted by molar-refractivity contribution is 5.98. The second-order valence-corrected chi connectivity index (χ2v) is 4.96. The lowest BCUT2D eigenvalue weighted by Gasteiger charge is -2.28. The van der Waals surface area contributed by atoms with E-state index in [4.69, 9.17) is 9.47 Å². The van der Waals surface area contributed by atoms with Crippen LogP contribution in [0, 0.1) is 5.41 Å². The predicted molar refractivity (Wildman–Crippen MR) is 79.2 cm³/mol. The Labute approximate surface area is 121 Å². The van der Waals surface area contributed by atoms with Gasteiger partial charge in [-0.05, 0) is 48.0 Å². The normalized spacial score (nSPS) is 14.2. The number of allylic oxidation sites excluding steroid dienone is 3. The Morgan fingerprint density at radius 1 is 1.10 bits per heavy atom. The van der Waals surface area contributed by atoms with E-state index in [0.717, 1.165) is 5.57 Å². The summed E-state index contributed by atoms with van der Waals surface area (Å²) >= 11 is 0. The minimum Gasteiger partial charge on any atom is -0.465 e. The molecule has 0 bridgehead atoms. The topological polar surface area (TPSA) is 52.6 Å². The Morgan fingerprint density at radius 3 is 2.05 bits per heavy atom. The van der Waals surface area contributed by atoms with Crippen molar-refractivity contribution < 1.29 is 19.1 Å². The average molecular weight is 282 g/mol. The highest BCUT2D eigenvalue weighted by atomic mass is 16.5. The molecular formula is C16H26O4. The van der Waals surface area contributed by atoms with Gasteiger partial charge in [-0.15, -0.1) is 0 Å². The van der Waals surface area contributed by atoms with Crippen molar-refractivity contribution in [3.05, 3.63) is 23.3 Å². The lowest BCUT2D eigenvalue weighted by atomic mass is 9.78. The molecule has 0 aromatic rings. The zero-order valence-electron chi connectivity index (χ0n) is 13.4. The van der Waals surface area contributed by atoms with Crippen LogP contribution >= 0.6 is 0 Å². The largest absolute Gasteiger partial charge is 0.465 e. The maximum Gasteiger partial charge on any atom is 0.334 e. The number of hydrogen-bond donors (Lipinski definition) is 0. The third kappa shape index (κ3) is 4.83. The van der Waals surface area contributed by atoms with Crippen LogP contribution in [0.1, 0.15) is 48.0 Å². The molecule has 0 amide bonds. The monoisotopic (exact) mass is 282 g/mol. The van der Waals surface area contributed by atoms with E-state index in [9.17, 15) is 9.59 Å². The number of rotatable bonds is 7. The number of esters is 2. The summed E-state index contributed by atoms with van der Waals surface area (Å²) in [6, 6.07) is 0. The van der Waals surface area contributed by atoms with Gasteiger partial charge in [-0.1, -0.05) is 17.7 Å². The molecule has 0 fully saturated rings. The van der Waals surface area contributed by atoms with Gasteiger partial charge in [-0.3, -0.25) is 4.79 Å². The highest BCUT2D eigenvalue weighted by Gasteiger charge is 2.41. The quantitative estimate of drug-likeness (QED) is 0.408. The molecule has 1 atom stereocenters. The Hall–Kier alpha value is -1.58. The minimum absolute atomic E-state index is 0.276. The van der Waals surface area contributed by atoms with Crippen molar-refractivity contribution in [3.8, 4) is 0 Å². The summed E-state index contributed by atoms with van der Waals surface area (Å²) in [6.07, 6.45) is 3.97. The van der Waals surface area contributed by atoms with Crippen LogP contribution in [-0.4, -0.2) is 25.2 Å². The first-order chi connectivity index (χ1) is 9.33. The fourth-order valence-corrected chi connectivity index (χ4v) is 1.87. The number of carbonyl (C=O) groups excluding carboxylic acids is 2. The highest BCUT2D eigenvalue weighted by Crippen LogP contribution is 2.34. The molecule has 0 aromatic carbocycles. The van der Waals surface area contributed by atoms with E-state index in [1.54, 1.807) is 33.8 Å². The average Bonchev–Trinajstić information content (AvgIpc) is 2.37. The van der Waals surface area contributed by atoms with E-state index >= 15 is 0 Å². The van der Waals surface area contributed by atoms with E-state index in [-0.39, 0.29) is 13.2 Å². The molecule has 1 unspecified atom stereocenters. The van der Waals surface area contributed by atoms with Gasteiger partial charge in [0, 0.05) is 0 Å². The maximum atomic E-state index is 12.3. The summed E-state index contributed by atoms with van der Waals surface area (Å²) in [5.41, 5.74) is 0.406. The molecule has 0 spiro atoms. The fraction of sp³-hybridized carbons (Fsp3) is 0.625. The third-order valence-corrected chi connectivity index (χ3v) is 3.02. The summed E-state index contributed by atoms with van der Waals surface area (Å²) in [7, 11) is 0. The molecular weight excluding hydrogens is 256 g/mol. The summed E-state index contributed by atoms with van der Waals surface area (Å²) in [5.74, 6) is -0.869. The van der Waals surface area contributed by atoms with Crippen LogP contribution in [0.3, 0.4) is 0 Å². The Bertz CT molecular complexity index is 403. The van der Waals surface area contributed by atoms with Crippen LogP contribution in [0.25, 0.3) is 0 Å². The number of ether oxygens (including phenoxy) is 2. The van der Waals surface area contributed by atoms with Gasteiger partial charge in [-0.2, -0.15) is 0 Å². The van der Waals surface area contributed by atoms with Crippen molar-refractivity contribution in [2.45, 2.75) is 48.0 Å². The van der Waals surface area contributed by atoms with Crippen LogP contribution in [0.2, 0.25) is 0 Å². The predicted octanol–water partition coefficient (Wildman–Crippen LogP) is 3.42. The molecule has 0 saturated carbocycles. The van der Waals surface area contributed by atoms with E-state index in [2.05, 4.69) is 0 Å².